The summed E-state index contributed by atoms with van der Waals surface area (Å²) < 4.78 is 0. The molecule has 15 atom stereocenters. The standard InChI is InChI=1S/C54H86O2/c1-34(2)13-11-15-36(5)42-19-21-44-40-18-17-38-31-49(56)48(33-52(38,9)46(40)25-27-50(42,44)7)54-30-24-41-45-22-20-43(37(6)16-12-14-35(3)4)51(45,8)28-26-47(41)53(54,10)29-23-39(55)32-54/h31,33-37,40-47H,11-30,32H2,1-10H3/t36-,37-,40+,41+,42-,43-,44+,45+,46+,47+,50-,51-,52+,53-,54?/m1/s1. The van der Waals surface area contributed by atoms with Crippen LogP contribution < -0.4 is 0 Å². The van der Waals surface area contributed by atoms with Gasteiger partial charge in [0.2, 0.25) is 0 Å². The fourth-order valence-corrected chi connectivity index (χ4v) is 18.3. The molecular formula is C54H86O2. The maximum Gasteiger partial charge on any atom is 0.182 e. The maximum absolute atomic E-state index is 14.8. The molecule has 0 bridgehead atoms. The summed E-state index contributed by atoms with van der Waals surface area (Å²) in [5.74, 6) is 10.2. The summed E-state index contributed by atoms with van der Waals surface area (Å²) in [6, 6.07) is 0. The highest BCUT2D eigenvalue weighted by Gasteiger charge is 2.67. The number of allylic oxidation sites excluding steroid dienone is 4. The van der Waals surface area contributed by atoms with E-state index in [1.54, 1.807) is 0 Å². The van der Waals surface area contributed by atoms with Crippen LogP contribution in [0.3, 0.4) is 0 Å². The smallest absolute Gasteiger partial charge is 0.182 e. The molecule has 7 saturated carbocycles. The van der Waals surface area contributed by atoms with E-state index in [0.29, 0.717) is 40.7 Å². The van der Waals surface area contributed by atoms with E-state index in [4.69, 9.17) is 0 Å². The number of hydrogen-bond acceptors (Lipinski definition) is 2. The van der Waals surface area contributed by atoms with Crippen LogP contribution >= 0.6 is 0 Å². The van der Waals surface area contributed by atoms with Gasteiger partial charge in [0.25, 0.3) is 0 Å². The Balaban J connectivity index is 1.06. The number of hydrogen-bond donors (Lipinski definition) is 0. The summed E-state index contributed by atoms with van der Waals surface area (Å²) in [6.45, 7) is 25.3. The number of ketones is 2. The van der Waals surface area contributed by atoms with Crippen LogP contribution in [0.15, 0.2) is 23.3 Å². The lowest BCUT2D eigenvalue weighted by atomic mass is 9.37. The number of fused-ring (bicyclic) bond motifs is 10. The minimum atomic E-state index is -0.290. The number of carbonyl (C=O) groups is 2. The second-order valence-corrected chi connectivity index (χ2v) is 24.5. The van der Waals surface area contributed by atoms with E-state index in [9.17, 15) is 9.59 Å². The predicted molar refractivity (Wildman–Crippen MR) is 234 cm³/mol. The van der Waals surface area contributed by atoms with Crippen molar-refractivity contribution in [3.05, 3.63) is 23.3 Å². The van der Waals surface area contributed by atoms with Crippen molar-refractivity contribution in [2.24, 2.45) is 98.1 Å². The Morgan fingerprint density at radius 2 is 1.14 bits per heavy atom. The largest absolute Gasteiger partial charge is 0.300 e. The Hall–Kier alpha value is -1.18. The van der Waals surface area contributed by atoms with Gasteiger partial charge in [0.1, 0.15) is 5.78 Å². The molecule has 2 heteroatoms. The molecule has 0 saturated heterocycles. The monoisotopic (exact) mass is 767 g/mol. The Bertz CT molecular complexity index is 1560. The van der Waals surface area contributed by atoms with Crippen LogP contribution in [0.2, 0.25) is 0 Å². The third-order valence-corrected chi connectivity index (χ3v) is 21.3. The molecule has 0 radical (unpaired) electrons. The molecule has 0 heterocycles. The summed E-state index contributed by atoms with van der Waals surface area (Å²) in [4.78, 5) is 28.6. The molecule has 8 aliphatic carbocycles. The van der Waals surface area contributed by atoms with Gasteiger partial charge in [-0.25, -0.2) is 0 Å². The zero-order valence-electron chi connectivity index (χ0n) is 38.2. The quantitative estimate of drug-likeness (QED) is 0.210. The number of rotatable bonds is 11. The second kappa shape index (κ2) is 15.1. The van der Waals surface area contributed by atoms with Crippen molar-refractivity contribution in [2.75, 3.05) is 0 Å². The minimum Gasteiger partial charge on any atom is -0.300 e. The van der Waals surface area contributed by atoms with E-state index >= 15 is 0 Å². The Morgan fingerprint density at radius 3 is 1.71 bits per heavy atom. The fraction of sp³-hybridized carbons (Fsp3) is 0.889. The Kier molecular flexibility index (Phi) is 11.2. The summed E-state index contributed by atoms with van der Waals surface area (Å²) >= 11 is 0. The van der Waals surface area contributed by atoms with Crippen molar-refractivity contribution in [1.82, 2.24) is 0 Å². The topological polar surface area (TPSA) is 34.1 Å². The highest BCUT2D eigenvalue weighted by Crippen LogP contribution is 2.74. The SMILES string of the molecule is CC(C)CCC[C@@H](C)[C@H]1CC[C@H]2[C@@H]3CCC4=CC(=O)C(C56CC[C@H]7[C@@H]8CC[C@H]([C@H](C)CCCC(C)C)[C@@]8(C)CC[C@@H]7[C@@]5(C)CCC(=O)C6)=C[C@]4(C)[C@H]3CC[C@]12C. The Labute approximate surface area is 345 Å². The van der Waals surface area contributed by atoms with Gasteiger partial charge in [-0.3, -0.25) is 9.59 Å². The van der Waals surface area contributed by atoms with Gasteiger partial charge in [0.15, 0.2) is 5.78 Å². The molecule has 0 aromatic heterocycles. The van der Waals surface area contributed by atoms with E-state index in [-0.39, 0.29) is 16.2 Å². The molecule has 2 nitrogen and oxygen atoms in total. The molecular weight excluding hydrogens is 681 g/mol. The molecule has 1 unspecified atom stereocenters. The average molecular weight is 767 g/mol. The van der Waals surface area contributed by atoms with Crippen molar-refractivity contribution in [3.63, 3.8) is 0 Å². The van der Waals surface area contributed by atoms with Gasteiger partial charge in [-0.15, -0.1) is 0 Å². The second-order valence-electron chi connectivity index (χ2n) is 24.5. The zero-order valence-corrected chi connectivity index (χ0v) is 38.2. The first-order valence-electron chi connectivity index (χ1n) is 25.0. The molecule has 314 valence electrons. The predicted octanol–water partition coefficient (Wildman–Crippen LogP) is 14.8. The third kappa shape index (κ3) is 6.40. The lowest BCUT2D eigenvalue weighted by Gasteiger charge is -2.66. The van der Waals surface area contributed by atoms with E-state index in [1.165, 1.54) is 108 Å². The lowest BCUT2D eigenvalue weighted by molar-refractivity contribution is -0.161. The van der Waals surface area contributed by atoms with Crippen LogP contribution in [-0.4, -0.2) is 11.6 Å². The summed E-state index contributed by atoms with van der Waals surface area (Å²) in [5, 5.41) is 0. The molecule has 0 spiro atoms. The van der Waals surface area contributed by atoms with Crippen LogP contribution in [0.25, 0.3) is 0 Å². The fourth-order valence-electron chi connectivity index (χ4n) is 18.3. The first kappa shape index (κ1) is 41.5. The van der Waals surface area contributed by atoms with Crippen molar-refractivity contribution >= 4 is 11.6 Å². The molecule has 0 aromatic rings. The normalized spacial score (nSPS) is 46.9. The Morgan fingerprint density at radius 1 is 0.589 bits per heavy atom. The summed E-state index contributed by atoms with van der Waals surface area (Å²) in [5.41, 5.74) is 3.18. The van der Waals surface area contributed by atoms with Crippen LogP contribution in [0, 0.1) is 98.1 Å². The molecule has 8 aliphatic rings. The van der Waals surface area contributed by atoms with Crippen LogP contribution in [0.1, 0.15) is 204 Å². The highest BCUT2D eigenvalue weighted by molar-refractivity contribution is 6.07. The number of carbonyl (C=O) groups excluding carboxylic acids is 2. The van der Waals surface area contributed by atoms with Crippen molar-refractivity contribution in [2.45, 2.75) is 204 Å². The van der Waals surface area contributed by atoms with Crippen LogP contribution in [-0.2, 0) is 9.59 Å². The maximum atomic E-state index is 14.8. The van der Waals surface area contributed by atoms with Gasteiger partial charge in [-0.1, -0.05) is 119 Å². The van der Waals surface area contributed by atoms with Crippen LogP contribution in [0.4, 0.5) is 0 Å². The van der Waals surface area contributed by atoms with Gasteiger partial charge in [-0.2, -0.15) is 0 Å². The molecule has 0 aliphatic heterocycles. The van der Waals surface area contributed by atoms with Gasteiger partial charge in [0, 0.05) is 29.2 Å². The lowest BCUT2D eigenvalue weighted by Crippen LogP contribution is -2.60. The van der Waals surface area contributed by atoms with Gasteiger partial charge in [-0.05, 0) is 177 Å². The van der Waals surface area contributed by atoms with Gasteiger partial charge >= 0.3 is 0 Å². The van der Waals surface area contributed by atoms with Crippen LogP contribution in [0.5, 0.6) is 0 Å². The van der Waals surface area contributed by atoms with E-state index in [1.807, 2.05) is 0 Å². The first-order valence-corrected chi connectivity index (χ1v) is 25.0. The molecule has 8 rings (SSSR count). The molecule has 0 amide bonds. The minimum absolute atomic E-state index is 0.0267. The van der Waals surface area contributed by atoms with E-state index < -0.39 is 0 Å². The van der Waals surface area contributed by atoms with E-state index in [2.05, 4.69) is 81.4 Å². The number of Topliss-reactive ketones (excluding diaryl/α,β-unsaturated/α-hetero) is 1. The molecule has 7 fully saturated rings. The summed E-state index contributed by atoms with van der Waals surface area (Å²) in [6.07, 6.45) is 31.1. The first-order chi connectivity index (χ1) is 26.5. The molecule has 0 N–H and O–H groups in total. The van der Waals surface area contributed by atoms with E-state index in [0.717, 1.165) is 90.4 Å². The van der Waals surface area contributed by atoms with Gasteiger partial charge < -0.3 is 0 Å². The average Bonchev–Trinajstić information content (AvgIpc) is 3.68. The summed E-state index contributed by atoms with van der Waals surface area (Å²) in [7, 11) is 0. The van der Waals surface area contributed by atoms with Crippen molar-refractivity contribution in [3.8, 4) is 0 Å². The van der Waals surface area contributed by atoms with Gasteiger partial charge in [0.05, 0.1) is 0 Å². The van der Waals surface area contributed by atoms with Crippen molar-refractivity contribution < 1.29 is 9.59 Å². The molecule has 56 heavy (non-hydrogen) atoms. The highest BCUT2D eigenvalue weighted by atomic mass is 16.1. The zero-order chi connectivity index (χ0) is 40.0. The molecule has 0 aromatic carbocycles. The van der Waals surface area contributed by atoms with Crippen molar-refractivity contribution in [1.29, 1.82) is 0 Å². The third-order valence-electron chi connectivity index (χ3n) is 21.3.